The number of hydrogen-bond donors (Lipinski definition) is 0. The van der Waals surface area contributed by atoms with Crippen LogP contribution in [0.1, 0.15) is 5.69 Å². The van der Waals surface area contributed by atoms with Gasteiger partial charge in [0.25, 0.3) is 10.9 Å². The van der Waals surface area contributed by atoms with Gasteiger partial charge in [0.1, 0.15) is 5.75 Å². The molecule has 0 unspecified atom stereocenters. The predicted molar refractivity (Wildman–Crippen MR) is 60.3 cm³/mol. The number of hydrogen-bond acceptors (Lipinski definition) is 5. The van der Waals surface area contributed by atoms with Gasteiger partial charge in [0, 0.05) is 11.4 Å². The third-order valence-corrected chi connectivity index (χ3v) is 2.72. The van der Waals surface area contributed by atoms with E-state index in [1.165, 1.54) is 18.2 Å². The Hall–Kier alpha value is -2.16. The fourth-order valence-corrected chi connectivity index (χ4v) is 1.89. The van der Waals surface area contributed by atoms with Crippen LogP contribution in [-0.2, 0) is 6.18 Å². The molecule has 1 aromatic heterocycles. The Bertz CT molecular complexity index is 612. The van der Waals surface area contributed by atoms with Gasteiger partial charge in [-0.2, -0.15) is 18.2 Å². The molecule has 0 saturated heterocycles. The third-order valence-electron chi connectivity index (χ3n) is 2.01. The largest absolute Gasteiger partial charge is 0.434 e. The summed E-state index contributed by atoms with van der Waals surface area (Å²) in [6, 6.07) is 5.11. The van der Waals surface area contributed by atoms with E-state index in [2.05, 4.69) is 4.98 Å². The fraction of sp³-hybridized carbons (Fsp3) is 0.100. The molecule has 0 N–H and O–H groups in total. The van der Waals surface area contributed by atoms with Crippen LogP contribution in [-0.4, -0.2) is 9.91 Å². The molecular formula is C10H5F3N2O3S. The summed E-state index contributed by atoms with van der Waals surface area (Å²) in [5, 5.41) is 11.1. The second-order valence-electron chi connectivity index (χ2n) is 3.35. The van der Waals surface area contributed by atoms with Gasteiger partial charge in [0.15, 0.2) is 5.69 Å². The summed E-state index contributed by atoms with van der Waals surface area (Å²) in [6.45, 7) is 0. The van der Waals surface area contributed by atoms with Gasteiger partial charge in [-0.05, 0) is 6.07 Å². The van der Waals surface area contributed by atoms with Crippen molar-refractivity contribution in [3.63, 3.8) is 0 Å². The highest BCUT2D eigenvalue weighted by Gasteiger charge is 2.34. The number of thiazole rings is 1. The van der Waals surface area contributed by atoms with Crippen molar-refractivity contribution in [3.05, 3.63) is 45.5 Å². The molecule has 0 amide bonds. The molecule has 1 heterocycles. The average molecular weight is 290 g/mol. The molecule has 0 aliphatic carbocycles. The molecule has 100 valence electrons. The molecule has 5 nitrogen and oxygen atoms in total. The lowest BCUT2D eigenvalue weighted by atomic mass is 10.3. The molecule has 0 saturated carbocycles. The number of aromatic nitrogens is 1. The summed E-state index contributed by atoms with van der Waals surface area (Å²) >= 11 is 0.662. The van der Waals surface area contributed by atoms with E-state index in [0.717, 1.165) is 11.4 Å². The van der Waals surface area contributed by atoms with Crippen molar-refractivity contribution in [2.75, 3.05) is 0 Å². The number of rotatable bonds is 3. The van der Waals surface area contributed by atoms with E-state index >= 15 is 0 Å². The van der Waals surface area contributed by atoms with Gasteiger partial charge in [-0.3, -0.25) is 10.1 Å². The Kier molecular flexibility index (Phi) is 3.38. The summed E-state index contributed by atoms with van der Waals surface area (Å²) in [5.74, 6) is 0.0530. The first-order chi connectivity index (χ1) is 8.86. The molecule has 0 aliphatic rings. The molecule has 0 aliphatic heterocycles. The second-order valence-corrected chi connectivity index (χ2v) is 4.17. The third kappa shape index (κ3) is 3.19. The molecule has 0 spiro atoms. The summed E-state index contributed by atoms with van der Waals surface area (Å²) in [7, 11) is 0. The lowest BCUT2D eigenvalue weighted by Crippen LogP contribution is -2.04. The molecule has 0 bridgehead atoms. The average Bonchev–Trinajstić information content (AvgIpc) is 2.77. The van der Waals surface area contributed by atoms with Gasteiger partial charge in [-0.15, -0.1) is 0 Å². The van der Waals surface area contributed by atoms with Crippen LogP contribution in [0.4, 0.5) is 18.9 Å². The summed E-state index contributed by atoms with van der Waals surface area (Å²) in [6.07, 6.45) is -4.54. The molecule has 9 heteroatoms. The van der Waals surface area contributed by atoms with Gasteiger partial charge in [0.05, 0.1) is 11.0 Å². The van der Waals surface area contributed by atoms with Gasteiger partial charge in [-0.1, -0.05) is 17.4 Å². The number of benzene rings is 1. The topological polar surface area (TPSA) is 65.3 Å². The van der Waals surface area contributed by atoms with E-state index in [0.29, 0.717) is 11.3 Å². The van der Waals surface area contributed by atoms with Gasteiger partial charge < -0.3 is 4.74 Å². The first kappa shape index (κ1) is 13.3. The minimum absolute atomic E-state index is 0.0530. The number of halogens is 3. The van der Waals surface area contributed by atoms with Crippen LogP contribution in [0.3, 0.4) is 0 Å². The zero-order chi connectivity index (χ0) is 14.0. The van der Waals surface area contributed by atoms with Crippen LogP contribution in [0.15, 0.2) is 29.6 Å². The van der Waals surface area contributed by atoms with Gasteiger partial charge in [0.2, 0.25) is 0 Å². The van der Waals surface area contributed by atoms with Crippen LogP contribution in [0, 0.1) is 10.1 Å². The quantitative estimate of drug-likeness (QED) is 0.636. The first-order valence-corrected chi connectivity index (χ1v) is 5.69. The summed E-state index contributed by atoms with van der Waals surface area (Å²) in [4.78, 5) is 13.2. The lowest BCUT2D eigenvalue weighted by Gasteiger charge is -2.02. The Morgan fingerprint density at radius 3 is 2.68 bits per heavy atom. The van der Waals surface area contributed by atoms with Crippen molar-refractivity contribution >= 4 is 17.0 Å². The molecular weight excluding hydrogens is 285 g/mol. The van der Waals surface area contributed by atoms with Crippen LogP contribution in [0.25, 0.3) is 0 Å². The zero-order valence-electron chi connectivity index (χ0n) is 9.05. The fourth-order valence-electron chi connectivity index (χ4n) is 1.20. The van der Waals surface area contributed by atoms with Crippen molar-refractivity contribution < 1.29 is 22.8 Å². The standard InChI is InChI=1S/C10H5F3N2O3S/c11-10(12,13)8-5-19-9(14-8)18-7-3-1-2-6(4-7)15(16)17/h1-5H. The van der Waals surface area contributed by atoms with E-state index in [4.69, 9.17) is 4.74 Å². The second kappa shape index (κ2) is 4.84. The number of alkyl halides is 3. The van der Waals surface area contributed by atoms with E-state index in [9.17, 15) is 23.3 Å². The molecule has 19 heavy (non-hydrogen) atoms. The van der Waals surface area contributed by atoms with E-state index in [1.807, 2.05) is 0 Å². The maximum absolute atomic E-state index is 12.3. The highest BCUT2D eigenvalue weighted by Crippen LogP contribution is 2.34. The Labute approximate surface area is 108 Å². The van der Waals surface area contributed by atoms with Crippen molar-refractivity contribution in [1.82, 2.24) is 4.98 Å². The van der Waals surface area contributed by atoms with Crippen LogP contribution in [0.2, 0.25) is 0 Å². The molecule has 1 aromatic carbocycles. The normalized spacial score (nSPS) is 11.3. The number of nitro benzene ring substituents is 1. The van der Waals surface area contributed by atoms with Crippen LogP contribution >= 0.6 is 11.3 Å². The monoisotopic (exact) mass is 290 g/mol. The van der Waals surface area contributed by atoms with Crippen molar-refractivity contribution in [3.8, 4) is 10.9 Å². The Morgan fingerprint density at radius 1 is 1.37 bits per heavy atom. The molecule has 0 radical (unpaired) electrons. The van der Waals surface area contributed by atoms with E-state index in [-0.39, 0.29) is 16.6 Å². The maximum Gasteiger partial charge on any atom is 0.434 e. The first-order valence-electron chi connectivity index (χ1n) is 4.81. The lowest BCUT2D eigenvalue weighted by molar-refractivity contribution is -0.384. The molecule has 2 rings (SSSR count). The van der Waals surface area contributed by atoms with Gasteiger partial charge >= 0.3 is 6.18 Å². The van der Waals surface area contributed by atoms with E-state index in [1.54, 1.807) is 0 Å². The SMILES string of the molecule is O=[N+]([O-])c1cccc(Oc2nc(C(F)(F)F)cs2)c1. The number of nitrogens with zero attached hydrogens (tertiary/aromatic N) is 2. The van der Waals surface area contributed by atoms with Crippen molar-refractivity contribution in [1.29, 1.82) is 0 Å². The Morgan fingerprint density at radius 2 is 2.11 bits per heavy atom. The minimum Gasteiger partial charge on any atom is -0.431 e. The summed E-state index contributed by atoms with van der Waals surface area (Å²) in [5.41, 5.74) is -1.27. The molecule has 0 atom stereocenters. The van der Waals surface area contributed by atoms with Gasteiger partial charge in [-0.25, -0.2) is 0 Å². The van der Waals surface area contributed by atoms with E-state index < -0.39 is 16.8 Å². The predicted octanol–water partition coefficient (Wildman–Crippen LogP) is 3.86. The molecule has 0 fully saturated rings. The number of nitro groups is 1. The molecule has 2 aromatic rings. The minimum atomic E-state index is -4.54. The van der Waals surface area contributed by atoms with Crippen molar-refractivity contribution in [2.45, 2.75) is 6.18 Å². The van der Waals surface area contributed by atoms with Crippen LogP contribution < -0.4 is 4.74 Å². The summed E-state index contributed by atoms with van der Waals surface area (Å²) < 4.78 is 42.0. The highest BCUT2D eigenvalue weighted by molar-refractivity contribution is 7.11. The maximum atomic E-state index is 12.3. The Balaban J connectivity index is 2.19. The smallest absolute Gasteiger partial charge is 0.431 e. The van der Waals surface area contributed by atoms with Crippen molar-refractivity contribution in [2.24, 2.45) is 0 Å². The number of ether oxygens (including phenoxy) is 1. The zero-order valence-corrected chi connectivity index (χ0v) is 9.86. The highest BCUT2D eigenvalue weighted by atomic mass is 32.1. The van der Waals surface area contributed by atoms with Crippen LogP contribution in [0.5, 0.6) is 10.9 Å². The number of non-ortho nitro benzene ring substituents is 1.